The highest BCUT2D eigenvalue weighted by molar-refractivity contribution is 9.10. The number of aromatic amines is 2. The molecule has 2 N–H and O–H groups in total. The lowest BCUT2D eigenvalue weighted by atomic mass is 9.89. The standard InChI is InChI=1S/C8H12BrN.C8H12ClN/c2*1-8(2,3)6-4-7(9)10-5-6/h2*4-5,10H,1-3H3. The lowest BCUT2D eigenvalue weighted by Gasteiger charge is -2.15. The zero-order chi connectivity index (χ0) is 15.6. The molecule has 0 radical (unpaired) electrons. The molecule has 0 amide bonds. The summed E-state index contributed by atoms with van der Waals surface area (Å²) in [6.45, 7) is 13.1. The fourth-order valence-electron chi connectivity index (χ4n) is 1.60. The largest absolute Gasteiger partial charge is 0.356 e. The molecule has 0 unspecified atom stereocenters. The summed E-state index contributed by atoms with van der Waals surface area (Å²) in [5, 5.41) is 0.713. The van der Waals surface area contributed by atoms with Crippen molar-refractivity contribution in [2.45, 2.75) is 52.4 Å². The molecule has 112 valence electrons. The highest BCUT2D eigenvalue weighted by atomic mass is 79.9. The number of H-pyrrole nitrogens is 2. The van der Waals surface area contributed by atoms with Crippen molar-refractivity contribution in [1.82, 2.24) is 9.97 Å². The molecular weight excluding hydrogens is 336 g/mol. The summed E-state index contributed by atoms with van der Waals surface area (Å²) in [5.41, 5.74) is 3.03. The van der Waals surface area contributed by atoms with Crippen molar-refractivity contribution in [2.24, 2.45) is 0 Å². The average Bonchev–Trinajstić information content (AvgIpc) is 2.85. The van der Waals surface area contributed by atoms with Crippen LogP contribution in [0.25, 0.3) is 0 Å². The second kappa shape index (κ2) is 6.40. The monoisotopic (exact) mass is 358 g/mol. The van der Waals surface area contributed by atoms with Crippen LogP contribution >= 0.6 is 27.5 Å². The van der Waals surface area contributed by atoms with E-state index in [1.54, 1.807) is 0 Å². The normalized spacial score (nSPS) is 12.0. The Morgan fingerprint density at radius 2 is 1.30 bits per heavy atom. The van der Waals surface area contributed by atoms with Crippen molar-refractivity contribution >= 4 is 27.5 Å². The maximum atomic E-state index is 5.71. The number of rotatable bonds is 0. The van der Waals surface area contributed by atoms with Gasteiger partial charge in [-0.15, -0.1) is 0 Å². The van der Waals surface area contributed by atoms with Crippen LogP contribution in [-0.4, -0.2) is 9.97 Å². The predicted octanol–water partition coefficient (Wildman–Crippen LogP) is 6.04. The van der Waals surface area contributed by atoms with Crippen LogP contribution in [0.3, 0.4) is 0 Å². The van der Waals surface area contributed by atoms with Crippen molar-refractivity contribution < 1.29 is 0 Å². The van der Waals surface area contributed by atoms with Crippen molar-refractivity contribution in [3.8, 4) is 0 Å². The van der Waals surface area contributed by atoms with Crippen LogP contribution in [0, 0.1) is 0 Å². The Labute approximate surface area is 135 Å². The molecule has 2 heterocycles. The average molecular weight is 360 g/mol. The summed E-state index contributed by atoms with van der Waals surface area (Å²) < 4.78 is 1.05. The molecule has 20 heavy (non-hydrogen) atoms. The van der Waals surface area contributed by atoms with Gasteiger partial charge in [0.25, 0.3) is 0 Å². The number of halogens is 2. The van der Waals surface area contributed by atoms with Crippen molar-refractivity contribution in [2.75, 3.05) is 0 Å². The van der Waals surface area contributed by atoms with Gasteiger partial charge in [-0.2, -0.15) is 0 Å². The van der Waals surface area contributed by atoms with Gasteiger partial charge in [-0.3, -0.25) is 0 Å². The van der Waals surface area contributed by atoms with Gasteiger partial charge in [0, 0.05) is 12.4 Å². The predicted molar refractivity (Wildman–Crippen MR) is 91.7 cm³/mol. The summed E-state index contributed by atoms with van der Waals surface area (Å²) in [7, 11) is 0. The third-order valence-electron chi connectivity index (χ3n) is 3.03. The molecule has 0 aliphatic carbocycles. The first-order chi connectivity index (χ1) is 9.00. The number of nitrogens with one attached hydrogen (secondary N) is 2. The molecule has 0 saturated heterocycles. The molecule has 4 heteroatoms. The lowest BCUT2D eigenvalue weighted by Crippen LogP contribution is -2.08. The smallest absolute Gasteiger partial charge is 0.106 e. The van der Waals surface area contributed by atoms with Crippen LogP contribution in [0.4, 0.5) is 0 Å². The Bertz CT molecular complexity index is 491. The minimum Gasteiger partial charge on any atom is -0.356 e. The Balaban J connectivity index is 0.000000200. The van der Waals surface area contributed by atoms with Crippen LogP contribution in [0.15, 0.2) is 29.1 Å². The first kappa shape index (κ1) is 17.4. The van der Waals surface area contributed by atoms with Crippen LogP contribution in [0.5, 0.6) is 0 Å². The Morgan fingerprint density at radius 3 is 1.50 bits per heavy atom. The second-order valence-corrected chi connectivity index (χ2v) is 8.23. The van der Waals surface area contributed by atoms with Gasteiger partial charge in [0.1, 0.15) is 5.15 Å². The first-order valence-corrected chi connectivity index (χ1v) is 7.86. The van der Waals surface area contributed by atoms with E-state index in [0.717, 1.165) is 4.60 Å². The van der Waals surface area contributed by atoms with Gasteiger partial charge in [0.15, 0.2) is 0 Å². The highest BCUT2D eigenvalue weighted by Crippen LogP contribution is 2.24. The second-order valence-electron chi connectivity index (χ2n) is 6.97. The van der Waals surface area contributed by atoms with E-state index < -0.39 is 0 Å². The van der Waals surface area contributed by atoms with Crippen LogP contribution < -0.4 is 0 Å². The van der Waals surface area contributed by atoms with Crippen LogP contribution in [0.2, 0.25) is 5.15 Å². The van der Waals surface area contributed by atoms with E-state index in [9.17, 15) is 0 Å². The molecule has 0 fully saturated rings. The zero-order valence-corrected chi connectivity index (χ0v) is 15.4. The third kappa shape index (κ3) is 5.37. The molecule has 0 saturated carbocycles. The fourth-order valence-corrected chi connectivity index (χ4v) is 2.13. The van der Waals surface area contributed by atoms with E-state index in [4.69, 9.17) is 11.6 Å². The quantitative estimate of drug-likeness (QED) is 0.574. The maximum Gasteiger partial charge on any atom is 0.106 e. The number of aromatic nitrogens is 2. The topological polar surface area (TPSA) is 31.6 Å². The van der Waals surface area contributed by atoms with Crippen molar-refractivity contribution in [3.63, 3.8) is 0 Å². The van der Waals surface area contributed by atoms with Gasteiger partial charge < -0.3 is 9.97 Å². The summed E-state index contributed by atoms with van der Waals surface area (Å²) in [6, 6.07) is 4.07. The Hall–Kier alpha value is -0.670. The number of hydrogen-bond acceptors (Lipinski definition) is 0. The molecule has 0 atom stereocenters. The fraction of sp³-hybridized carbons (Fsp3) is 0.500. The molecule has 0 aliphatic heterocycles. The van der Waals surface area contributed by atoms with Gasteiger partial charge in [0.2, 0.25) is 0 Å². The molecule has 0 aliphatic rings. The van der Waals surface area contributed by atoms with Crippen molar-refractivity contribution in [3.05, 3.63) is 45.4 Å². The molecule has 0 aromatic carbocycles. The van der Waals surface area contributed by atoms with Crippen LogP contribution in [-0.2, 0) is 10.8 Å². The molecule has 2 rings (SSSR count). The van der Waals surface area contributed by atoms with E-state index >= 15 is 0 Å². The summed E-state index contributed by atoms with van der Waals surface area (Å²) >= 11 is 9.08. The molecule has 2 nitrogen and oxygen atoms in total. The van der Waals surface area contributed by atoms with Gasteiger partial charge in [-0.05, 0) is 50.0 Å². The summed E-state index contributed by atoms with van der Waals surface area (Å²) in [5.74, 6) is 0. The maximum absolute atomic E-state index is 5.71. The van der Waals surface area contributed by atoms with E-state index in [1.807, 2.05) is 18.5 Å². The molecule has 2 aromatic rings. The van der Waals surface area contributed by atoms with E-state index in [1.165, 1.54) is 11.1 Å². The highest BCUT2D eigenvalue weighted by Gasteiger charge is 2.14. The van der Waals surface area contributed by atoms with Gasteiger partial charge in [-0.25, -0.2) is 0 Å². The van der Waals surface area contributed by atoms with Gasteiger partial charge in [0.05, 0.1) is 4.60 Å². The zero-order valence-electron chi connectivity index (χ0n) is 13.1. The Kier molecular flexibility index (Phi) is 5.56. The minimum atomic E-state index is 0.198. The van der Waals surface area contributed by atoms with E-state index in [-0.39, 0.29) is 10.8 Å². The Morgan fingerprint density at radius 1 is 0.850 bits per heavy atom. The molecular formula is C16H24BrClN2. The van der Waals surface area contributed by atoms with Gasteiger partial charge >= 0.3 is 0 Å². The number of hydrogen-bond donors (Lipinski definition) is 2. The van der Waals surface area contributed by atoms with Gasteiger partial charge in [-0.1, -0.05) is 53.1 Å². The van der Waals surface area contributed by atoms with Crippen molar-refractivity contribution in [1.29, 1.82) is 0 Å². The van der Waals surface area contributed by atoms with E-state index in [2.05, 4.69) is 73.5 Å². The summed E-state index contributed by atoms with van der Waals surface area (Å²) in [4.78, 5) is 6.03. The van der Waals surface area contributed by atoms with Crippen LogP contribution in [0.1, 0.15) is 52.7 Å². The minimum absolute atomic E-state index is 0.198. The summed E-state index contributed by atoms with van der Waals surface area (Å²) in [6.07, 6.45) is 3.98. The molecule has 0 spiro atoms. The molecule has 2 aromatic heterocycles. The van der Waals surface area contributed by atoms with E-state index in [0.29, 0.717) is 5.15 Å². The third-order valence-corrected chi connectivity index (χ3v) is 3.70. The molecule has 0 bridgehead atoms. The lowest BCUT2D eigenvalue weighted by molar-refractivity contribution is 0.591. The SMILES string of the molecule is CC(C)(C)c1c[nH]c(Br)c1.CC(C)(C)c1c[nH]c(Cl)c1. The first-order valence-electron chi connectivity index (χ1n) is 6.69.